The largest absolute Gasteiger partial charge is 0.376 e. The zero-order chi connectivity index (χ0) is 13.7. The molecule has 0 aliphatic carbocycles. The number of rotatable bonds is 6. The van der Waals surface area contributed by atoms with Crippen molar-refractivity contribution in [3.05, 3.63) is 48.0 Å². The summed E-state index contributed by atoms with van der Waals surface area (Å²) in [7, 11) is 0. The highest BCUT2D eigenvalue weighted by Crippen LogP contribution is 2.24. The minimum Gasteiger partial charge on any atom is -0.376 e. The highest BCUT2D eigenvalue weighted by Gasteiger charge is 2.21. The number of hydrazine groups is 1. The lowest BCUT2D eigenvalue weighted by molar-refractivity contribution is 0.0314. The standard InChI is InChI=1S/C16H22N2O/c1-3-15(19-4-2)16(18-17)14-10-9-12-7-5-6-8-13(12)11-14/h5-11,15-16,18H,3-4,17H2,1-2H3. The van der Waals surface area contributed by atoms with Gasteiger partial charge in [-0.3, -0.25) is 11.3 Å². The molecular formula is C16H22N2O. The van der Waals surface area contributed by atoms with Gasteiger partial charge in [0, 0.05) is 6.61 Å². The summed E-state index contributed by atoms with van der Waals surface area (Å²) in [6.45, 7) is 4.83. The van der Waals surface area contributed by atoms with Gasteiger partial charge in [-0.05, 0) is 35.7 Å². The molecule has 0 spiro atoms. The maximum Gasteiger partial charge on any atom is 0.0779 e. The van der Waals surface area contributed by atoms with E-state index >= 15 is 0 Å². The molecule has 0 fully saturated rings. The third-order valence-electron chi connectivity index (χ3n) is 3.47. The Labute approximate surface area is 114 Å². The van der Waals surface area contributed by atoms with E-state index in [0.717, 1.165) is 6.42 Å². The highest BCUT2D eigenvalue weighted by atomic mass is 16.5. The fourth-order valence-corrected chi connectivity index (χ4v) is 2.48. The van der Waals surface area contributed by atoms with Crippen LogP contribution in [0.25, 0.3) is 10.8 Å². The molecule has 0 saturated heterocycles. The van der Waals surface area contributed by atoms with Crippen molar-refractivity contribution in [3.63, 3.8) is 0 Å². The summed E-state index contributed by atoms with van der Waals surface area (Å²) in [4.78, 5) is 0. The van der Waals surface area contributed by atoms with Gasteiger partial charge >= 0.3 is 0 Å². The Kier molecular flexibility index (Phi) is 4.91. The van der Waals surface area contributed by atoms with Gasteiger partial charge in [-0.25, -0.2) is 0 Å². The topological polar surface area (TPSA) is 47.3 Å². The van der Waals surface area contributed by atoms with E-state index in [-0.39, 0.29) is 12.1 Å². The summed E-state index contributed by atoms with van der Waals surface area (Å²) in [6, 6.07) is 14.8. The van der Waals surface area contributed by atoms with Crippen LogP contribution in [0, 0.1) is 0 Å². The van der Waals surface area contributed by atoms with E-state index in [2.05, 4.69) is 54.8 Å². The Hall–Kier alpha value is -1.42. The lowest BCUT2D eigenvalue weighted by atomic mass is 9.97. The number of nitrogens with one attached hydrogen (secondary N) is 1. The van der Waals surface area contributed by atoms with Gasteiger partial charge in [0.2, 0.25) is 0 Å². The van der Waals surface area contributed by atoms with E-state index in [1.54, 1.807) is 0 Å². The smallest absolute Gasteiger partial charge is 0.0779 e. The van der Waals surface area contributed by atoms with Crippen molar-refractivity contribution in [2.45, 2.75) is 32.4 Å². The summed E-state index contributed by atoms with van der Waals surface area (Å²) in [6.07, 6.45) is 1.02. The predicted octanol–water partition coefficient (Wildman–Crippen LogP) is 3.16. The number of benzene rings is 2. The molecule has 0 amide bonds. The third kappa shape index (κ3) is 3.13. The summed E-state index contributed by atoms with van der Waals surface area (Å²) < 4.78 is 5.77. The van der Waals surface area contributed by atoms with Gasteiger partial charge in [0.05, 0.1) is 12.1 Å². The van der Waals surface area contributed by atoms with Crippen LogP contribution in [0.5, 0.6) is 0 Å². The molecule has 0 saturated carbocycles. The number of hydrogen-bond donors (Lipinski definition) is 2. The molecule has 2 unspecified atom stereocenters. The van der Waals surface area contributed by atoms with Crippen molar-refractivity contribution in [3.8, 4) is 0 Å². The van der Waals surface area contributed by atoms with Gasteiger partial charge in [0.25, 0.3) is 0 Å². The summed E-state index contributed by atoms with van der Waals surface area (Å²) >= 11 is 0. The van der Waals surface area contributed by atoms with E-state index in [1.165, 1.54) is 16.3 Å². The van der Waals surface area contributed by atoms with Crippen LogP contribution >= 0.6 is 0 Å². The first kappa shape index (κ1) is 14.0. The quantitative estimate of drug-likeness (QED) is 0.618. The number of hydrogen-bond acceptors (Lipinski definition) is 3. The number of fused-ring (bicyclic) bond motifs is 1. The normalized spacial score (nSPS) is 14.5. The van der Waals surface area contributed by atoms with Crippen LogP contribution in [0.4, 0.5) is 0 Å². The van der Waals surface area contributed by atoms with Crippen LogP contribution in [-0.4, -0.2) is 12.7 Å². The van der Waals surface area contributed by atoms with Crippen LogP contribution in [0.1, 0.15) is 31.9 Å². The molecule has 2 aromatic rings. The maximum atomic E-state index is 5.77. The number of ether oxygens (including phenoxy) is 1. The molecule has 0 aliphatic heterocycles. The van der Waals surface area contributed by atoms with Gasteiger partial charge in [0.15, 0.2) is 0 Å². The van der Waals surface area contributed by atoms with Gasteiger partial charge in [-0.15, -0.1) is 0 Å². The first-order valence-corrected chi connectivity index (χ1v) is 6.86. The van der Waals surface area contributed by atoms with E-state index in [4.69, 9.17) is 10.6 Å². The minimum absolute atomic E-state index is 0.0227. The summed E-state index contributed by atoms with van der Waals surface area (Å²) in [5, 5.41) is 2.47. The van der Waals surface area contributed by atoms with Crippen molar-refractivity contribution >= 4 is 10.8 Å². The van der Waals surface area contributed by atoms with Gasteiger partial charge in [-0.2, -0.15) is 0 Å². The fraction of sp³-hybridized carbons (Fsp3) is 0.375. The van der Waals surface area contributed by atoms with Crippen LogP contribution in [0.15, 0.2) is 42.5 Å². The molecule has 0 bridgehead atoms. The van der Waals surface area contributed by atoms with Crippen LogP contribution in [0.2, 0.25) is 0 Å². The molecule has 0 aromatic heterocycles. The first-order valence-electron chi connectivity index (χ1n) is 6.86. The minimum atomic E-state index is 0.0227. The van der Waals surface area contributed by atoms with E-state index in [1.807, 2.05) is 6.92 Å². The molecular weight excluding hydrogens is 236 g/mol. The van der Waals surface area contributed by atoms with Crippen molar-refractivity contribution < 1.29 is 4.74 Å². The molecule has 0 aliphatic rings. The molecule has 3 nitrogen and oxygen atoms in total. The Morgan fingerprint density at radius 1 is 1.11 bits per heavy atom. The molecule has 2 rings (SSSR count). The van der Waals surface area contributed by atoms with Crippen molar-refractivity contribution in [2.24, 2.45) is 5.84 Å². The van der Waals surface area contributed by atoms with Gasteiger partial charge in [0.1, 0.15) is 0 Å². The lowest BCUT2D eigenvalue weighted by Crippen LogP contribution is -2.37. The molecule has 2 aromatic carbocycles. The molecule has 0 heterocycles. The summed E-state index contributed by atoms with van der Waals surface area (Å²) in [5.74, 6) is 5.73. The van der Waals surface area contributed by atoms with Gasteiger partial charge in [-0.1, -0.05) is 43.3 Å². The van der Waals surface area contributed by atoms with Crippen LogP contribution in [0.3, 0.4) is 0 Å². The highest BCUT2D eigenvalue weighted by molar-refractivity contribution is 5.83. The Bertz CT molecular complexity index is 527. The second kappa shape index (κ2) is 6.66. The second-order valence-corrected chi connectivity index (χ2v) is 4.65. The first-order chi connectivity index (χ1) is 9.30. The molecule has 102 valence electrons. The lowest BCUT2D eigenvalue weighted by Gasteiger charge is -2.26. The molecule has 3 heteroatoms. The average Bonchev–Trinajstić information content (AvgIpc) is 2.47. The predicted molar refractivity (Wildman–Crippen MR) is 79.7 cm³/mol. The molecule has 3 N–H and O–H groups in total. The average molecular weight is 258 g/mol. The summed E-state index contributed by atoms with van der Waals surface area (Å²) in [5.41, 5.74) is 4.06. The molecule has 0 radical (unpaired) electrons. The molecule has 2 atom stereocenters. The van der Waals surface area contributed by atoms with Crippen LogP contribution < -0.4 is 11.3 Å². The third-order valence-corrected chi connectivity index (χ3v) is 3.47. The Balaban J connectivity index is 2.34. The molecule has 19 heavy (non-hydrogen) atoms. The van der Waals surface area contributed by atoms with E-state index in [0.29, 0.717) is 6.61 Å². The van der Waals surface area contributed by atoms with Gasteiger partial charge < -0.3 is 4.74 Å². The zero-order valence-electron chi connectivity index (χ0n) is 11.6. The second-order valence-electron chi connectivity index (χ2n) is 4.65. The SMILES string of the molecule is CCOC(CC)C(NN)c1ccc2ccccc2c1. The fourth-order valence-electron chi connectivity index (χ4n) is 2.48. The monoisotopic (exact) mass is 258 g/mol. The maximum absolute atomic E-state index is 5.77. The zero-order valence-corrected chi connectivity index (χ0v) is 11.6. The Morgan fingerprint density at radius 3 is 2.47 bits per heavy atom. The van der Waals surface area contributed by atoms with E-state index < -0.39 is 0 Å². The van der Waals surface area contributed by atoms with Crippen molar-refractivity contribution in [1.29, 1.82) is 0 Å². The number of nitrogens with two attached hydrogens (primary N) is 1. The van der Waals surface area contributed by atoms with Crippen LogP contribution in [-0.2, 0) is 4.74 Å². The van der Waals surface area contributed by atoms with E-state index in [9.17, 15) is 0 Å². The van der Waals surface area contributed by atoms with Crippen molar-refractivity contribution in [1.82, 2.24) is 5.43 Å². The van der Waals surface area contributed by atoms with Crippen molar-refractivity contribution in [2.75, 3.05) is 6.61 Å². The Morgan fingerprint density at radius 2 is 1.84 bits per heavy atom.